The lowest BCUT2D eigenvalue weighted by molar-refractivity contribution is 0.937. The van der Waals surface area contributed by atoms with E-state index in [1.165, 1.54) is 10.9 Å². The van der Waals surface area contributed by atoms with Gasteiger partial charge in [-0.15, -0.1) is 0 Å². The van der Waals surface area contributed by atoms with Crippen molar-refractivity contribution in [3.8, 4) is 0 Å². The first-order chi connectivity index (χ1) is 9.25. The number of aromatic nitrogens is 1. The summed E-state index contributed by atoms with van der Waals surface area (Å²) in [6, 6.07) is 10.4. The highest BCUT2D eigenvalue weighted by molar-refractivity contribution is 7.98. The molecule has 4 nitrogen and oxygen atoms in total. The normalized spacial score (nSPS) is 10.5. The van der Waals surface area contributed by atoms with Gasteiger partial charge in [-0.05, 0) is 29.9 Å². The zero-order valence-corrected chi connectivity index (χ0v) is 11.6. The molecule has 0 spiro atoms. The highest BCUT2D eigenvalue weighted by atomic mass is 32.2. The second kappa shape index (κ2) is 6.99. The van der Waals surface area contributed by atoms with Crippen molar-refractivity contribution in [3.63, 3.8) is 0 Å². The van der Waals surface area contributed by atoms with Crippen LogP contribution in [0.25, 0.3) is 10.9 Å². The van der Waals surface area contributed by atoms with Gasteiger partial charge >= 0.3 is 0 Å². The van der Waals surface area contributed by atoms with Crippen LogP contribution in [0.4, 0.5) is 0 Å². The van der Waals surface area contributed by atoms with Crippen molar-refractivity contribution in [2.24, 2.45) is 16.5 Å². The van der Waals surface area contributed by atoms with E-state index in [9.17, 15) is 0 Å². The Hall–Kier alpha value is -1.75. The van der Waals surface area contributed by atoms with E-state index < -0.39 is 0 Å². The number of hydrogen-bond acceptors (Lipinski definition) is 3. The molecule has 0 atom stereocenters. The molecule has 0 saturated heterocycles. The first-order valence-electron chi connectivity index (χ1n) is 6.22. The van der Waals surface area contributed by atoms with Crippen molar-refractivity contribution >= 4 is 28.6 Å². The highest BCUT2D eigenvalue weighted by Gasteiger charge is 1.98. The molecular formula is C14H18N4S. The number of para-hydroxylation sites is 1. The Morgan fingerprint density at radius 1 is 1.26 bits per heavy atom. The number of nitrogens with two attached hydrogens (primary N) is 2. The molecule has 0 aliphatic rings. The second-order valence-electron chi connectivity index (χ2n) is 4.25. The summed E-state index contributed by atoms with van der Waals surface area (Å²) in [5.74, 6) is 2.19. The van der Waals surface area contributed by atoms with Crippen LogP contribution in [0.15, 0.2) is 41.5 Å². The van der Waals surface area contributed by atoms with Crippen LogP contribution in [-0.2, 0) is 5.75 Å². The molecule has 1 aromatic heterocycles. The van der Waals surface area contributed by atoms with Gasteiger partial charge in [-0.25, -0.2) is 0 Å². The second-order valence-corrected chi connectivity index (χ2v) is 5.35. The Kier molecular flexibility index (Phi) is 5.03. The summed E-state index contributed by atoms with van der Waals surface area (Å²) in [5, 5.41) is 1.20. The number of aliphatic imine (C=N–C) groups is 1. The zero-order chi connectivity index (χ0) is 13.5. The lowest BCUT2D eigenvalue weighted by Gasteiger charge is -2.03. The molecule has 0 aliphatic heterocycles. The zero-order valence-electron chi connectivity index (χ0n) is 10.7. The number of benzene rings is 1. The quantitative estimate of drug-likeness (QED) is 0.480. The fourth-order valence-corrected chi connectivity index (χ4v) is 2.63. The van der Waals surface area contributed by atoms with Gasteiger partial charge in [0.15, 0.2) is 5.96 Å². The maximum atomic E-state index is 5.26. The summed E-state index contributed by atoms with van der Waals surface area (Å²) in [5.41, 5.74) is 12.8. The number of fused-ring (bicyclic) bond motifs is 1. The van der Waals surface area contributed by atoms with Crippen molar-refractivity contribution in [1.82, 2.24) is 4.98 Å². The van der Waals surface area contributed by atoms with Crippen molar-refractivity contribution < 1.29 is 0 Å². The van der Waals surface area contributed by atoms with Gasteiger partial charge in [0.1, 0.15) is 0 Å². The predicted molar refractivity (Wildman–Crippen MR) is 83.2 cm³/mol. The van der Waals surface area contributed by atoms with Gasteiger partial charge in [-0.1, -0.05) is 18.2 Å². The van der Waals surface area contributed by atoms with Crippen LogP contribution in [0.5, 0.6) is 0 Å². The molecule has 0 saturated carbocycles. The number of thioether (sulfide) groups is 1. The van der Waals surface area contributed by atoms with E-state index in [1.54, 1.807) is 0 Å². The molecule has 4 N–H and O–H groups in total. The van der Waals surface area contributed by atoms with E-state index in [0.29, 0.717) is 6.54 Å². The number of hydrogen-bond donors (Lipinski definition) is 2. The van der Waals surface area contributed by atoms with E-state index in [2.05, 4.69) is 22.1 Å². The molecule has 0 radical (unpaired) electrons. The highest BCUT2D eigenvalue weighted by Crippen LogP contribution is 2.17. The number of pyridine rings is 1. The fourth-order valence-electron chi connectivity index (χ4n) is 1.76. The predicted octanol–water partition coefficient (Wildman–Crippen LogP) is 2.13. The van der Waals surface area contributed by atoms with Gasteiger partial charge in [-0.3, -0.25) is 9.98 Å². The minimum Gasteiger partial charge on any atom is -0.370 e. The number of guanidine groups is 1. The first-order valence-corrected chi connectivity index (χ1v) is 7.38. The third-order valence-electron chi connectivity index (χ3n) is 2.66. The van der Waals surface area contributed by atoms with Crippen molar-refractivity contribution in [3.05, 3.63) is 42.1 Å². The maximum absolute atomic E-state index is 5.26. The molecule has 0 aliphatic carbocycles. The summed E-state index contributed by atoms with van der Waals surface area (Å²) < 4.78 is 0. The van der Waals surface area contributed by atoms with Gasteiger partial charge in [0.05, 0.1) is 5.52 Å². The fraction of sp³-hybridized carbons (Fsp3) is 0.286. The molecule has 1 aromatic carbocycles. The van der Waals surface area contributed by atoms with Crippen LogP contribution in [-0.4, -0.2) is 23.2 Å². The van der Waals surface area contributed by atoms with Crippen molar-refractivity contribution in [2.45, 2.75) is 12.2 Å². The van der Waals surface area contributed by atoms with Gasteiger partial charge < -0.3 is 11.5 Å². The molecular weight excluding hydrogens is 256 g/mol. The van der Waals surface area contributed by atoms with Crippen molar-refractivity contribution in [1.29, 1.82) is 0 Å². The molecule has 2 rings (SSSR count). The molecule has 0 amide bonds. The van der Waals surface area contributed by atoms with Gasteiger partial charge in [0.2, 0.25) is 0 Å². The molecule has 5 heteroatoms. The summed E-state index contributed by atoms with van der Waals surface area (Å²) in [4.78, 5) is 8.41. The monoisotopic (exact) mass is 274 g/mol. The van der Waals surface area contributed by atoms with Crippen LogP contribution >= 0.6 is 11.8 Å². The van der Waals surface area contributed by atoms with Crippen molar-refractivity contribution in [2.75, 3.05) is 12.3 Å². The van der Waals surface area contributed by atoms with E-state index >= 15 is 0 Å². The number of rotatable bonds is 6. The Morgan fingerprint density at radius 2 is 2.11 bits per heavy atom. The molecule has 19 heavy (non-hydrogen) atoms. The minimum atomic E-state index is 0.170. The largest absolute Gasteiger partial charge is 0.370 e. The summed E-state index contributed by atoms with van der Waals surface area (Å²) >= 11 is 1.88. The molecule has 0 unspecified atom stereocenters. The smallest absolute Gasteiger partial charge is 0.185 e. The average Bonchev–Trinajstić information content (AvgIpc) is 2.42. The number of nitrogens with zero attached hydrogens (tertiary/aromatic N) is 2. The molecule has 0 fully saturated rings. The van der Waals surface area contributed by atoms with Gasteiger partial charge in [-0.2, -0.15) is 11.8 Å². The summed E-state index contributed by atoms with van der Waals surface area (Å²) in [7, 11) is 0. The van der Waals surface area contributed by atoms with E-state index in [4.69, 9.17) is 11.5 Å². The lowest BCUT2D eigenvalue weighted by Crippen LogP contribution is -2.23. The van der Waals surface area contributed by atoms with E-state index in [1.807, 2.05) is 36.2 Å². The Balaban J connectivity index is 1.80. The van der Waals surface area contributed by atoms with E-state index in [0.717, 1.165) is 23.4 Å². The Bertz CT molecular complexity index is 564. The van der Waals surface area contributed by atoms with Crippen LogP contribution < -0.4 is 11.5 Å². The molecule has 100 valence electrons. The van der Waals surface area contributed by atoms with Crippen LogP contribution in [0, 0.1) is 0 Å². The summed E-state index contributed by atoms with van der Waals surface area (Å²) in [6.07, 6.45) is 2.94. The standard InChI is InChI=1S/C14H18N4S/c15-14(16)17-6-3-7-19-10-11-8-12-4-1-2-5-13(12)18-9-11/h1-2,4-5,8-9H,3,6-7,10H2,(H4,15,16,17). The third kappa shape index (κ3) is 4.44. The SMILES string of the molecule is NC(N)=NCCCSCc1cnc2ccccc2c1. The van der Waals surface area contributed by atoms with E-state index in [-0.39, 0.29) is 5.96 Å². The Morgan fingerprint density at radius 3 is 2.95 bits per heavy atom. The Labute approximate surface area is 117 Å². The lowest BCUT2D eigenvalue weighted by atomic mass is 10.2. The summed E-state index contributed by atoms with van der Waals surface area (Å²) in [6.45, 7) is 0.700. The molecule has 1 heterocycles. The van der Waals surface area contributed by atoms with Crippen LogP contribution in [0.3, 0.4) is 0 Å². The molecule has 0 bridgehead atoms. The minimum absolute atomic E-state index is 0.170. The van der Waals surface area contributed by atoms with Crippen LogP contribution in [0.1, 0.15) is 12.0 Å². The maximum Gasteiger partial charge on any atom is 0.185 e. The van der Waals surface area contributed by atoms with Crippen LogP contribution in [0.2, 0.25) is 0 Å². The first kappa shape index (κ1) is 13.7. The topological polar surface area (TPSA) is 77.3 Å². The third-order valence-corrected chi connectivity index (χ3v) is 3.77. The molecule has 2 aromatic rings. The average molecular weight is 274 g/mol. The van der Waals surface area contributed by atoms with Gasteiger partial charge in [0, 0.05) is 23.9 Å². The van der Waals surface area contributed by atoms with Gasteiger partial charge in [0.25, 0.3) is 0 Å².